The first-order chi connectivity index (χ1) is 9.42. The molecular weight excluding hydrogens is 278 g/mol. The molecule has 0 saturated heterocycles. The predicted molar refractivity (Wildman–Crippen MR) is 76.3 cm³/mol. The van der Waals surface area contributed by atoms with Crippen LogP contribution in [0.5, 0.6) is 0 Å². The summed E-state index contributed by atoms with van der Waals surface area (Å²) >= 11 is 1.33. The first kappa shape index (κ1) is 14.3. The minimum absolute atomic E-state index is 0.305. The Hall–Kier alpha value is -2.15. The van der Waals surface area contributed by atoms with Gasteiger partial charge in [-0.05, 0) is 26.0 Å². The van der Waals surface area contributed by atoms with Crippen molar-refractivity contribution in [3.05, 3.63) is 34.0 Å². The summed E-state index contributed by atoms with van der Waals surface area (Å²) in [5.41, 5.74) is 1.56. The van der Waals surface area contributed by atoms with Gasteiger partial charge in [-0.25, -0.2) is 4.79 Å². The lowest BCUT2D eigenvalue weighted by Gasteiger charge is -2.05. The topological polar surface area (TPSA) is 73.2 Å². The van der Waals surface area contributed by atoms with Crippen LogP contribution in [0, 0.1) is 13.8 Å². The molecule has 0 radical (unpaired) electrons. The fourth-order valence-electron chi connectivity index (χ4n) is 1.86. The van der Waals surface area contributed by atoms with Crippen molar-refractivity contribution in [1.29, 1.82) is 0 Å². The van der Waals surface area contributed by atoms with Gasteiger partial charge in [0.1, 0.15) is 10.7 Å². The Bertz CT molecular complexity index is 672. The molecule has 0 unspecified atom stereocenters. The molecule has 1 amide bonds. The number of hydrogen-bond acceptors (Lipinski definition) is 5. The first-order valence-electron chi connectivity index (χ1n) is 5.93. The van der Waals surface area contributed by atoms with E-state index in [1.54, 1.807) is 19.2 Å². The molecule has 2 rings (SSSR count). The summed E-state index contributed by atoms with van der Waals surface area (Å²) < 4.78 is 6.21. The second-order valence-corrected chi connectivity index (χ2v) is 5.60. The predicted octanol–water partition coefficient (Wildman–Crippen LogP) is 2.14. The van der Waals surface area contributed by atoms with E-state index in [2.05, 4.69) is 10.4 Å². The smallest absolute Gasteiger partial charge is 0.340 e. The van der Waals surface area contributed by atoms with Gasteiger partial charge >= 0.3 is 5.97 Å². The molecule has 0 fully saturated rings. The summed E-state index contributed by atoms with van der Waals surface area (Å²) in [5.74, 6) is -0.772. The van der Waals surface area contributed by atoms with Crippen molar-refractivity contribution in [2.45, 2.75) is 13.8 Å². The van der Waals surface area contributed by atoms with Gasteiger partial charge in [-0.3, -0.25) is 9.48 Å². The minimum Gasteiger partial charge on any atom is -0.465 e. The van der Waals surface area contributed by atoms with Gasteiger partial charge in [-0.2, -0.15) is 5.10 Å². The molecule has 0 aliphatic rings. The lowest BCUT2D eigenvalue weighted by atomic mass is 10.3. The number of esters is 1. The molecule has 0 aliphatic carbocycles. The molecule has 2 aromatic heterocycles. The van der Waals surface area contributed by atoms with Crippen LogP contribution in [-0.2, 0) is 11.8 Å². The van der Waals surface area contributed by atoms with E-state index in [1.807, 2.05) is 13.8 Å². The third-order valence-electron chi connectivity index (χ3n) is 2.72. The van der Waals surface area contributed by atoms with Crippen molar-refractivity contribution >= 4 is 28.2 Å². The highest BCUT2D eigenvalue weighted by Crippen LogP contribution is 2.28. The quantitative estimate of drug-likeness (QED) is 0.880. The summed E-state index contributed by atoms with van der Waals surface area (Å²) in [6.07, 6.45) is 0. The molecule has 7 heteroatoms. The zero-order valence-electron chi connectivity index (χ0n) is 11.7. The fraction of sp³-hybridized carbons (Fsp3) is 0.308. The number of rotatable bonds is 3. The van der Waals surface area contributed by atoms with Gasteiger partial charge in [-0.1, -0.05) is 0 Å². The van der Waals surface area contributed by atoms with Crippen molar-refractivity contribution < 1.29 is 14.3 Å². The standard InChI is InChI=1S/C13H15N3O3S/c1-7-5-10(16(3)15-7)11(17)14-12-9(13(18)19-4)6-8(2)20-12/h5-6H,1-4H3,(H,14,17). The summed E-state index contributed by atoms with van der Waals surface area (Å²) in [6.45, 7) is 3.67. The van der Waals surface area contributed by atoms with Crippen LogP contribution in [0.4, 0.5) is 5.00 Å². The van der Waals surface area contributed by atoms with E-state index in [4.69, 9.17) is 4.74 Å². The molecule has 0 aromatic carbocycles. The maximum atomic E-state index is 12.2. The highest BCUT2D eigenvalue weighted by molar-refractivity contribution is 7.16. The average Bonchev–Trinajstić information content (AvgIpc) is 2.91. The van der Waals surface area contributed by atoms with Gasteiger partial charge in [0.2, 0.25) is 0 Å². The summed E-state index contributed by atoms with van der Waals surface area (Å²) in [6, 6.07) is 3.38. The number of nitrogens with one attached hydrogen (secondary N) is 1. The zero-order chi connectivity index (χ0) is 14.9. The van der Waals surface area contributed by atoms with Gasteiger partial charge < -0.3 is 10.1 Å². The number of carbonyl (C=O) groups excluding carboxylic acids is 2. The van der Waals surface area contributed by atoms with E-state index >= 15 is 0 Å². The third kappa shape index (κ3) is 2.72. The van der Waals surface area contributed by atoms with Crippen LogP contribution in [0.25, 0.3) is 0 Å². The van der Waals surface area contributed by atoms with Crippen LogP contribution in [-0.4, -0.2) is 28.8 Å². The number of methoxy groups -OCH3 is 1. The number of thiophene rings is 1. The van der Waals surface area contributed by atoms with Crippen molar-refractivity contribution in [2.75, 3.05) is 12.4 Å². The first-order valence-corrected chi connectivity index (χ1v) is 6.74. The largest absolute Gasteiger partial charge is 0.465 e. The Kier molecular flexibility index (Phi) is 3.89. The lowest BCUT2D eigenvalue weighted by molar-refractivity contribution is 0.0602. The van der Waals surface area contributed by atoms with E-state index in [0.29, 0.717) is 16.3 Å². The number of aromatic nitrogens is 2. The highest BCUT2D eigenvalue weighted by Gasteiger charge is 2.19. The number of hydrogen-bond donors (Lipinski definition) is 1. The second-order valence-electron chi connectivity index (χ2n) is 4.34. The van der Waals surface area contributed by atoms with Gasteiger partial charge in [0.05, 0.1) is 18.4 Å². The number of anilines is 1. The normalized spacial score (nSPS) is 10.4. The molecule has 0 atom stereocenters. The summed E-state index contributed by atoms with van der Waals surface area (Å²) in [4.78, 5) is 24.8. The number of aryl methyl sites for hydroxylation is 3. The Balaban J connectivity index is 2.28. The highest BCUT2D eigenvalue weighted by atomic mass is 32.1. The minimum atomic E-state index is -0.467. The lowest BCUT2D eigenvalue weighted by Crippen LogP contribution is -2.17. The molecule has 0 spiro atoms. The van der Waals surface area contributed by atoms with Crippen LogP contribution >= 0.6 is 11.3 Å². The maximum Gasteiger partial charge on any atom is 0.340 e. The van der Waals surface area contributed by atoms with Crippen LogP contribution < -0.4 is 5.32 Å². The molecule has 0 saturated carbocycles. The monoisotopic (exact) mass is 293 g/mol. The van der Waals surface area contributed by atoms with Crippen LogP contribution in [0.2, 0.25) is 0 Å². The molecule has 106 valence electrons. The van der Waals surface area contributed by atoms with Gasteiger partial charge in [0, 0.05) is 11.9 Å². The maximum absolute atomic E-state index is 12.2. The second kappa shape index (κ2) is 5.46. The number of carbonyl (C=O) groups is 2. The Morgan fingerprint density at radius 3 is 2.60 bits per heavy atom. The van der Waals surface area contributed by atoms with E-state index in [-0.39, 0.29) is 5.91 Å². The molecule has 20 heavy (non-hydrogen) atoms. The number of amides is 1. The zero-order valence-corrected chi connectivity index (χ0v) is 12.5. The molecule has 1 N–H and O–H groups in total. The Morgan fingerprint density at radius 2 is 2.05 bits per heavy atom. The number of nitrogens with zero attached hydrogens (tertiary/aromatic N) is 2. The summed E-state index contributed by atoms with van der Waals surface area (Å²) in [5, 5.41) is 7.34. The average molecular weight is 293 g/mol. The molecule has 0 aliphatic heterocycles. The Morgan fingerprint density at radius 1 is 1.35 bits per heavy atom. The van der Waals surface area contributed by atoms with Gasteiger partial charge in [0.15, 0.2) is 0 Å². The van der Waals surface area contributed by atoms with Crippen molar-refractivity contribution in [2.24, 2.45) is 7.05 Å². The van der Waals surface area contributed by atoms with Crippen LogP contribution in [0.3, 0.4) is 0 Å². The van der Waals surface area contributed by atoms with Crippen LogP contribution in [0.15, 0.2) is 12.1 Å². The Labute approximate surface area is 120 Å². The van der Waals surface area contributed by atoms with E-state index in [1.165, 1.54) is 23.1 Å². The van der Waals surface area contributed by atoms with E-state index < -0.39 is 5.97 Å². The molecule has 0 bridgehead atoms. The molecular formula is C13H15N3O3S. The third-order valence-corrected chi connectivity index (χ3v) is 3.69. The van der Waals surface area contributed by atoms with Gasteiger partial charge in [-0.15, -0.1) is 11.3 Å². The van der Waals surface area contributed by atoms with Crippen molar-refractivity contribution in [3.8, 4) is 0 Å². The molecule has 2 heterocycles. The van der Waals surface area contributed by atoms with E-state index in [9.17, 15) is 9.59 Å². The number of ether oxygens (including phenoxy) is 1. The molecule has 2 aromatic rings. The molecule has 6 nitrogen and oxygen atoms in total. The van der Waals surface area contributed by atoms with Crippen LogP contribution in [0.1, 0.15) is 31.4 Å². The van der Waals surface area contributed by atoms with Crippen molar-refractivity contribution in [3.63, 3.8) is 0 Å². The fourth-order valence-corrected chi connectivity index (χ4v) is 2.75. The van der Waals surface area contributed by atoms with E-state index in [0.717, 1.165) is 10.6 Å². The van der Waals surface area contributed by atoms with Gasteiger partial charge in [0.25, 0.3) is 5.91 Å². The SMILES string of the molecule is COC(=O)c1cc(C)sc1NC(=O)c1cc(C)nn1C. The van der Waals surface area contributed by atoms with Crippen molar-refractivity contribution in [1.82, 2.24) is 9.78 Å². The summed E-state index contributed by atoms with van der Waals surface area (Å²) in [7, 11) is 3.01.